The number of halogens is 5. The predicted molar refractivity (Wildman–Crippen MR) is 131 cm³/mol. The monoisotopic (exact) mass is 565 g/mol. The van der Waals surface area contributed by atoms with Crippen molar-refractivity contribution in [2.45, 2.75) is 77.1 Å². The number of benzene rings is 1. The average molecular weight is 566 g/mol. The van der Waals surface area contributed by atoms with Crippen LogP contribution in [-0.2, 0) is 19.1 Å². The van der Waals surface area contributed by atoms with Gasteiger partial charge in [0.25, 0.3) is 0 Å². The van der Waals surface area contributed by atoms with Gasteiger partial charge in [-0.05, 0) is 46.2 Å². The minimum Gasteiger partial charge on any atom is -0.420 e. The van der Waals surface area contributed by atoms with Crippen molar-refractivity contribution in [2.75, 3.05) is 27.7 Å². The number of rotatable bonds is 11. The number of nitrogens with one attached hydrogen (secondary N) is 1. The molecule has 39 heavy (non-hydrogen) atoms. The smallest absolute Gasteiger partial charge is 0.314 e. The molecule has 1 aromatic carbocycles. The van der Waals surface area contributed by atoms with E-state index in [1.54, 1.807) is 13.8 Å². The van der Waals surface area contributed by atoms with Gasteiger partial charge in [-0.15, -0.1) is 0 Å². The van der Waals surface area contributed by atoms with E-state index < -0.39 is 76.9 Å². The molecule has 0 spiro atoms. The normalized spacial score (nSPS) is 20.7. The number of carbonyl (C=O) groups is 3. The van der Waals surface area contributed by atoms with Gasteiger partial charge in [-0.3, -0.25) is 19.3 Å². The van der Waals surface area contributed by atoms with Gasteiger partial charge in [-0.1, -0.05) is 20.3 Å². The summed E-state index contributed by atoms with van der Waals surface area (Å²) in [6.07, 6.45) is 0.252. The molecular weight excluding hydrogens is 529 g/mol. The van der Waals surface area contributed by atoms with Crippen LogP contribution in [0.4, 0.5) is 22.0 Å². The van der Waals surface area contributed by atoms with Gasteiger partial charge in [-0.25, -0.2) is 13.2 Å². The van der Waals surface area contributed by atoms with Crippen LogP contribution in [0.2, 0.25) is 0 Å². The molecule has 1 aliphatic rings. The topological polar surface area (TPSA) is 88.2 Å². The summed E-state index contributed by atoms with van der Waals surface area (Å²) in [6, 6.07) is -1.71. The first-order chi connectivity index (χ1) is 18.1. The molecule has 0 radical (unpaired) electrons. The van der Waals surface area contributed by atoms with Crippen LogP contribution in [0, 0.1) is 35.0 Å². The van der Waals surface area contributed by atoms with Gasteiger partial charge in [-0.2, -0.15) is 8.78 Å². The van der Waals surface area contributed by atoms with Crippen molar-refractivity contribution in [2.24, 2.45) is 5.92 Å². The van der Waals surface area contributed by atoms with Gasteiger partial charge in [0.15, 0.2) is 0 Å². The largest absolute Gasteiger partial charge is 0.420 e. The predicted octanol–water partition coefficient (Wildman–Crippen LogP) is 3.55. The van der Waals surface area contributed by atoms with E-state index in [0.29, 0.717) is 12.8 Å². The summed E-state index contributed by atoms with van der Waals surface area (Å²) in [6.45, 7) is 7.70. The molecule has 0 aromatic heterocycles. The highest BCUT2D eigenvalue weighted by Crippen LogP contribution is 2.31. The van der Waals surface area contributed by atoms with Gasteiger partial charge in [0.2, 0.25) is 46.6 Å². The number of ether oxygens (including phenoxy) is 2. The highest BCUT2D eigenvalue weighted by Gasteiger charge is 2.43. The molecule has 0 aliphatic carbocycles. The van der Waals surface area contributed by atoms with Crippen LogP contribution in [0.5, 0.6) is 5.75 Å². The molecule has 0 bridgehead atoms. The van der Waals surface area contributed by atoms with E-state index in [0.717, 1.165) is 13.0 Å². The van der Waals surface area contributed by atoms with E-state index in [2.05, 4.69) is 10.1 Å². The van der Waals surface area contributed by atoms with Gasteiger partial charge in [0.05, 0.1) is 24.1 Å². The molecule has 1 aromatic rings. The maximum absolute atomic E-state index is 14.0. The first-order valence-corrected chi connectivity index (χ1v) is 12.7. The summed E-state index contributed by atoms with van der Waals surface area (Å²) >= 11 is 0. The fourth-order valence-electron chi connectivity index (χ4n) is 4.83. The molecule has 1 fully saturated rings. The number of hydrogen-bond donors (Lipinski definition) is 1. The minimum atomic E-state index is -2.38. The Morgan fingerprint density at radius 2 is 1.59 bits per heavy atom. The number of nitrogens with zero attached hydrogens (tertiary/aromatic N) is 2. The second kappa shape index (κ2) is 13.0. The molecule has 1 heterocycles. The Morgan fingerprint density at radius 1 is 1.05 bits per heavy atom. The second-order valence-electron chi connectivity index (χ2n) is 10.2. The Morgan fingerprint density at radius 3 is 2.05 bits per heavy atom. The Labute approximate surface area is 224 Å². The summed E-state index contributed by atoms with van der Waals surface area (Å²) in [5.41, 5.74) is -0.758. The summed E-state index contributed by atoms with van der Waals surface area (Å²) in [4.78, 5) is 42.1. The average Bonchev–Trinajstić information content (AvgIpc) is 3.26. The van der Waals surface area contributed by atoms with Crippen molar-refractivity contribution < 1.29 is 45.8 Å². The molecule has 0 unspecified atom stereocenters. The SMILES string of the molecule is CC[C@H](C)[C@@H]([C@@H](CC(=O)Oc1c(F)c(F)c(F)c(F)c1F)OC)N(C)C(=O)[C@H](C)NC(=O)[C@@]1(C)CCCN1C. The first-order valence-electron chi connectivity index (χ1n) is 12.7. The lowest BCUT2D eigenvalue weighted by molar-refractivity contribution is -0.146. The molecule has 1 aliphatic heterocycles. The lowest BCUT2D eigenvalue weighted by Crippen LogP contribution is -2.59. The lowest BCUT2D eigenvalue weighted by Gasteiger charge is -2.39. The summed E-state index contributed by atoms with van der Waals surface area (Å²) in [5, 5.41) is 2.75. The van der Waals surface area contributed by atoms with Crippen molar-refractivity contribution in [3.05, 3.63) is 29.1 Å². The highest BCUT2D eigenvalue weighted by molar-refractivity contribution is 5.92. The van der Waals surface area contributed by atoms with Crippen LogP contribution in [0.15, 0.2) is 0 Å². The van der Waals surface area contributed by atoms with E-state index in [9.17, 15) is 36.3 Å². The number of methoxy groups -OCH3 is 1. The van der Waals surface area contributed by atoms with E-state index in [1.807, 2.05) is 18.9 Å². The zero-order chi connectivity index (χ0) is 29.8. The Balaban J connectivity index is 2.22. The van der Waals surface area contributed by atoms with E-state index in [1.165, 1.54) is 26.0 Å². The minimum absolute atomic E-state index is 0.271. The molecule has 1 saturated heterocycles. The molecular formula is C26H36F5N3O5. The van der Waals surface area contributed by atoms with Crippen molar-refractivity contribution >= 4 is 17.8 Å². The summed E-state index contributed by atoms with van der Waals surface area (Å²) in [5.74, 6) is -15.6. The number of likely N-dealkylation sites (tertiary alicyclic amines) is 1. The van der Waals surface area contributed by atoms with Crippen molar-refractivity contribution in [1.29, 1.82) is 0 Å². The third-order valence-corrected chi connectivity index (χ3v) is 7.67. The van der Waals surface area contributed by atoms with Crippen LogP contribution >= 0.6 is 0 Å². The van der Waals surface area contributed by atoms with Gasteiger partial charge >= 0.3 is 5.97 Å². The first kappa shape index (κ1) is 32.4. The van der Waals surface area contributed by atoms with Gasteiger partial charge in [0, 0.05) is 14.2 Å². The lowest BCUT2D eigenvalue weighted by atomic mass is 9.90. The highest BCUT2D eigenvalue weighted by atomic mass is 19.2. The molecule has 220 valence electrons. The fourth-order valence-corrected chi connectivity index (χ4v) is 4.83. The molecule has 5 atom stereocenters. The Kier molecular flexibility index (Phi) is 10.8. The second-order valence-corrected chi connectivity index (χ2v) is 10.2. The number of likely N-dealkylation sites (N-methyl/N-ethyl adjacent to an activating group) is 2. The molecule has 0 saturated carbocycles. The molecule has 1 N–H and O–H groups in total. The molecule has 2 rings (SSSR count). The fraction of sp³-hybridized carbons (Fsp3) is 0.654. The molecule has 2 amide bonds. The Bertz CT molecular complexity index is 1060. The maximum atomic E-state index is 14.0. The summed E-state index contributed by atoms with van der Waals surface area (Å²) in [7, 11) is 4.54. The number of hydrogen-bond acceptors (Lipinski definition) is 6. The number of carbonyl (C=O) groups excluding carboxylic acids is 3. The van der Waals surface area contributed by atoms with Crippen LogP contribution in [-0.4, -0.2) is 79.1 Å². The van der Waals surface area contributed by atoms with Crippen LogP contribution in [0.1, 0.15) is 53.4 Å². The van der Waals surface area contributed by atoms with Gasteiger partial charge < -0.3 is 19.7 Å². The van der Waals surface area contributed by atoms with Crippen molar-refractivity contribution in [3.8, 4) is 5.75 Å². The zero-order valence-electron chi connectivity index (χ0n) is 23.2. The standard InChI is InChI=1S/C26H36F5N3O5/c1-8-13(2)22(34(6)24(36)14(3)32-25(37)26(4)10-9-11-33(26)5)15(38-7)12-16(35)39-23-20(30)18(28)17(27)19(29)21(23)31/h13-15,22H,8-12H2,1-7H3,(H,32,37)/t13-,14-,15+,22-,26+/m0/s1. The maximum Gasteiger partial charge on any atom is 0.314 e. The number of amides is 2. The zero-order valence-corrected chi connectivity index (χ0v) is 23.2. The quantitative estimate of drug-likeness (QED) is 0.145. The van der Waals surface area contributed by atoms with Crippen molar-refractivity contribution in [1.82, 2.24) is 15.1 Å². The number of esters is 1. The van der Waals surface area contributed by atoms with Crippen LogP contribution < -0.4 is 10.1 Å². The van der Waals surface area contributed by atoms with Crippen LogP contribution in [0.25, 0.3) is 0 Å². The third-order valence-electron chi connectivity index (χ3n) is 7.67. The van der Waals surface area contributed by atoms with Gasteiger partial charge in [0.1, 0.15) is 6.04 Å². The molecule has 13 heteroatoms. The third kappa shape index (κ3) is 6.68. The van der Waals surface area contributed by atoms with E-state index in [4.69, 9.17) is 4.74 Å². The summed E-state index contributed by atoms with van der Waals surface area (Å²) < 4.78 is 78.3. The van der Waals surface area contributed by atoms with Crippen molar-refractivity contribution in [3.63, 3.8) is 0 Å². The van der Waals surface area contributed by atoms with Crippen LogP contribution in [0.3, 0.4) is 0 Å². The molecule has 8 nitrogen and oxygen atoms in total. The Hall–Kier alpha value is -2.80. The van der Waals surface area contributed by atoms with E-state index >= 15 is 0 Å². The van der Waals surface area contributed by atoms with E-state index in [-0.39, 0.29) is 11.8 Å².